The van der Waals surface area contributed by atoms with Crippen LogP contribution >= 0.6 is 23.2 Å². The summed E-state index contributed by atoms with van der Waals surface area (Å²) in [7, 11) is 0. The molecule has 2 aromatic rings. The Bertz CT molecular complexity index is 590. The zero-order valence-electron chi connectivity index (χ0n) is 10.3. The predicted molar refractivity (Wildman–Crippen MR) is 75.4 cm³/mol. The molecule has 19 heavy (non-hydrogen) atoms. The van der Waals surface area contributed by atoms with E-state index in [0.29, 0.717) is 23.7 Å². The summed E-state index contributed by atoms with van der Waals surface area (Å²) in [5, 5.41) is 13.7. The van der Waals surface area contributed by atoms with Crippen LogP contribution in [0.25, 0.3) is 0 Å². The summed E-state index contributed by atoms with van der Waals surface area (Å²) in [5.74, 6) is 0.783. The molecule has 0 atom stereocenters. The number of phenols is 1. The number of nitrogens with zero attached hydrogens (tertiary/aromatic N) is 2. The van der Waals surface area contributed by atoms with Crippen LogP contribution in [0.15, 0.2) is 24.4 Å². The van der Waals surface area contributed by atoms with Gasteiger partial charge < -0.3 is 10.4 Å². The van der Waals surface area contributed by atoms with E-state index in [0.717, 1.165) is 11.5 Å². The highest BCUT2D eigenvalue weighted by Crippen LogP contribution is 2.30. The minimum absolute atomic E-state index is 0.0532. The van der Waals surface area contributed by atoms with Gasteiger partial charge in [-0.1, -0.05) is 23.2 Å². The maximum atomic E-state index is 9.81. The van der Waals surface area contributed by atoms with Gasteiger partial charge in [0.15, 0.2) is 0 Å². The molecule has 1 heterocycles. The van der Waals surface area contributed by atoms with Crippen molar-refractivity contribution >= 4 is 23.2 Å². The Labute approximate surface area is 121 Å². The Kier molecular flexibility index (Phi) is 4.58. The number of rotatable bonds is 4. The zero-order chi connectivity index (χ0) is 13.8. The molecule has 0 amide bonds. The van der Waals surface area contributed by atoms with Crippen molar-refractivity contribution in [2.75, 3.05) is 0 Å². The number of nitrogens with one attached hydrogen (secondary N) is 1. The number of hydrogen-bond acceptors (Lipinski definition) is 4. The lowest BCUT2D eigenvalue weighted by Crippen LogP contribution is -2.14. The number of hydrogen-bond donors (Lipinski definition) is 2. The average Bonchev–Trinajstić information content (AvgIpc) is 2.35. The highest BCUT2D eigenvalue weighted by Gasteiger charge is 2.07. The second-order valence-electron chi connectivity index (χ2n) is 4.09. The average molecular weight is 298 g/mol. The van der Waals surface area contributed by atoms with E-state index in [4.69, 9.17) is 23.2 Å². The third-order valence-electron chi connectivity index (χ3n) is 2.56. The van der Waals surface area contributed by atoms with Gasteiger partial charge in [0.05, 0.1) is 10.7 Å². The van der Waals surface area contributed by atoms with Gasteiger partial charge in [-0.2, -0.15) is 0 Å². The molecule has 0 saturated carbocycles. The van der Waals surface area contributed by atoms with Crippen molar-refractivity contribution in [3.8, 4) is 5.75 Å². The molecule has 0 aliphatic rings. The third-order valence-corrected chi connectivity index (χ3v) is 3.07. The first-order chi connectivity index (χ1) is 9.06. The second-order valence-corrected chi connectivity index (χ2v) is 4.94. The Morgan fingerprint density at radius 2 is 2.05 bits per heavy atom. The summed E-state index contributed by atoms with van der Waals surface area (Å²) in [4.78, 5) is 8.30. The first-order valence-corrected chi connectivity index (χ1v) is 6.48. The molecule has 1 aromatic heterocycles. The van der Waals surface area contributed by atoms with Crippen LogP contribution in [0, 0.1) is 6.92 Å². The molecule has 4 nitrogen and oxygen atoms in total. The molecule has 0 aliphatic heterocycles. The molecule has 1 aromatic carbocycles. The Morgan fingerprint density at radius 1 is 1.26 bits per heavy atom. The third kappa shape index (κ3) is 3.80. The monoisotopic (exact) mass is 297 g/mol. The van der Waals surface area contributed by atoms with Crippen molar-refractivity contribution in [1.29, 1.82) is 0 Å². The fourth-order valence-corrected chi connectivity index (χ4v) is 2.22. The SMILES string of the molecule is Cc1nccc(CNCc2cc(Cl)cc(Cl)c2O)n1. The minimum Gasteiger partial charge on any atom is -0.506 e. The van der Waals surface area contributed by atoms with Gasteiger partial charge >= 0.3 is 0 Å². The number of halogens is 2. The fourth-order valence-electron chi connectivity index (χ4n) is 1.68. The summed E-state index contributed by atoms with van der Waals surface area (Å²) in [6.45, 7) is 2.87. The molecule has 2 rings (SSSR count). The maximum Gasteiger partial charge on any atom is 0.138 e. The number of aryl methyl sites for hydroxylation is 1. The lowest BCUT2D eigenvalue weighted by atomic mass is 10.2. The van der Waals surface area contributed by atoms with E-state index in [-0.39, 0.29) is 10.8 Å². The normalized spacial score (nSPS) is 10.7. The fraction of sp³-hybridized carbons (Fsp3) is 0.231. The van der Waals surface area contributed by atoms with Crippen molar-refractivity contribution in [1.82, 2.24) is 15.3 Å². The summed E-state index contributed by atoms with van der Waals surface area (Å²) < 4.78 is 0. The van der Waals surface area contributed by atoms with E-state index in [9.17, 15) is 5.11 Å². The van der Waals surface area contributed by atoms with Gasteiger partial charge in [-0.3, -0.25) is 0 Å². The van der Waals surface area contributed by atoms with Gasteiger partial charge in [-0.05, 0) is 25.1 Å². The van der Waals surface area contributed by atoms with E-state index >= 15 is 0 Å². The van der Waals surface area contributed by atoms with Crippen molar-refractivity contribution < 1.29 is 5.11 Å². The molecule has 6 heteroatoms. The van der Waals surface area contributed by atoms with Crippen molar-refractivity contribution in [3.05, 3.63) is 51.5 Å². The second kappa shape index (κ2) is 6.19. The number of phenolic OH excluding ortho intramolecular Hbond substituents is 1. The van der Waals surface area contributed by atoms with Gasteiger partial charge in [-0.25, -0.2) is 9.97 Å². The van der Waals surface area contributed by atoms with Gasteiger partial charge in [-0.15, -0.1) is 0 Å². The molecule has 0 radical (unpaired) electrons. The first kappa shape index (κ1) is 14.1. The summed E-state index contributed by atoms with van der Waals surface area (Å²) in [6, 6.07) is 5.03. The van der Waals surface area contributed by atoms with Crippen LogP contribution in [0.3, 0.4) is 0 Å². The molecular weight excluding hydrogens is 285 g/mol. The van der Waals surface area contributed by atoms with Crippen LogP contribution < -0.4 is 5.32 Å². The lowest BCUT2D eigenvalue weighted by molar-refractivity contribution is 0.464. The molecule has 0 aliphatic carbocycles. The molecule has 0 unspecified atom stereocenters. The summed E-state index contributed by atoms with van der Waals surface area (Å²) in [5.41, 5.74) is 1.54. The van der Waals surface area contributed by atoms with Crippen LogP contribution in [-0.2, 0) is 13.1 Å². The van der Waals surface area contributed by atoms with Crippen LogP contribution in [0.2, 0.25) is 10.0 Å². The quantitative estimate of drug-likeness (QED) is 0.910. The Balaban J connectivity index is 2.00. The van der Waals surface area contributed by atoms with Crippen LogP contribution in [0.1, 0.15) is 17.1 Å². The minimum atomic E-state index is 0.0532. The molecule has 0 spiro atoms. The highest BCUT2D eigenvalue weighted by molar-refractivity contribution is 6.35. The van der Waals surface area contributed by atoms with E-state index in [1.54, 1.807) is 12.3 Å². The smallest absolute Gasteiger partial charge is 0.138 e. The molecule has 0 bridgehead atoms. The summed E-state index contributed by atoms with van der Waals surface area (Å²) in [6.07, 6.45) is 1.72. The van der Waals surface area contributed by atoms with Crippen molar-refractivity contribution in [3.63, 3.8) is 0 Å². The molecular formula is C13H13Cl2N3O. The number of aromatic hydroxyl groups is 1. The topological polar surface area (TPSA) is 58.0 Å². The molecule has 2 N–H and O–H groups in total. The van der Waals surface area contributed by atoms with Crippen LogP contribution in [0.4, 0.5) is 0 Å². The molecule has 100 valence electrons. The van der Waals surface area contributed by atoms with E-state index in [1.807, 2.05) is 13.0 Å². The summed E-state index contributed by atoms with van der Waals surface area (Å²) >= 11 is 11.7. The van der Waals surface area contributed by atoms with Crippen LogP contribution in [-0.4, -0.2) is 15.1 Å². The standard InChI is InChI=1S/C13H13Cl2N3O/c1-8-17-3-2-11(18-8)7-16-6-9-4-10(14)5-12(15)13(9)19/h2-5,16,19H,6-7H2,1H3. The van der Waals surface area contributed by atoms with Crippen molar-refractivity contribution in [2.45, 2.75) is 20.0 Å². The Morgan fingerprint density at radius 3 is 2.79 bits per heavy atom. The predicted octanol–water partition coefficient (Wildman–Crippen LogP) is 3.09. The molecule has 0 saturated heterocycles. The Hall–Kier alpha value is -1.36. The number of aromatic nitrogens is 2. The van der Waals surface area contributed by atoms with Gasteiger partial charge in [0, 0.05) is 29.9 Å². The van der Waals surface area contributed by atoms with E-state index in [1.165, 1.54) is 6.07 Å². The molecule has 0 fully saturated rings. The lowest BCUT2D eigenvalue weighted by Gasteiger charge is -2.08. The van der Waals surface area contributed by atoms with E-state index in [2.05, 4.69) is 15.3 Å². The first-order valence-electron chi connectivity index (χ1n) is 5.72. The zero-order valence-corrected chi connectivity index (χ0v) is 11.8. The van der Waals surface area contributed by atoms with Gasteiger partial charge in [0.25, 0.3) is 0 Å². The van der Waals surface area contributed by atoms with Crippen LogP contribution in [0.5, 0.6) is 5.75 Å². The largest absolute Gasteiger partial charge is 0.506 e. The maximum absolute atomic E-state index is 9.81. The van der Waals surface area contributed by atoms with Crippen molar-refractivity contribution in [2.24, 2.45) is 0 Å². The number of benzene rings is 1. The highest BCUT2D eigenvalue weighted by atomic mass is 35.5. The van der Waals surface area contributed by atoms with Gasteiger partial charge in [0.1, 0.15) is 11.6 Å². The van der Waals surface area contributed by atoms with E-state index < -0.39 is 0 Å². The van der Waals surface area contributed by atoms with Gasteiger partial charge in [0.2, 0.25) is 0 Å².